The molecule has 0 fully saturated rings. The second-order valence-electron chi connectivity index (χ2n) is 3.91. The third-order valence-electron chi connectivity index (χ3n) is 2.09. The van der Waals surface area contributed by atoms with E-state index in [2.05, 4.69) is 19.9 Å². The van der Waals surface area contributed by atoms with Crippen LogP contribution in [0, 0.1) is 23.0 Å². The number of nitro groups is 1. The van der Waals surface area contributed by atoms with Gasteiger partial charge in [0.2, 0.25) is 0 Å². The van der Waals surface area contributed by atoms with Crippen LogP contribution in [0.25, 0.3) is 6.08 Å². The summed E-state index contributed by atoms with van der Waals surface area (Å²) in [5.74, 6) is 0.487. The van der Waals surface area contributed by atoms with E-state index in [9.17, 15) is 10.1 Å². The van der Waals surface area contributed by atoms with E-state index in [-0.39, 0.29) is 10.6 Å². The van der Waals surface area contributed by atoms with Crippen LogP contribution in [0.5, 0.6) is 0 Å². The Bertz CT molecular complexity index is 395. The first kappa shape index (κ1) is 11.4. The minimum absolute atomic E-state index is 0.177. The monoisotopic (exact) mass is 205 g/mol. The molecular weight excluding hydrogens is 190 g/mol. The van der Waals surface area contributed by atoms with E-state index < -0.39 is 0 Å². The summed E-state index contributed by atoms with van der Waals surface area (Å²) in [6, 6.07) is 5.15. The molecule has 1 aromatic carbocycles. The molecule has 0 atom stereocenters. The van der Waals surface area contributed by atoms with Crippen LogP contribution in [0.4, 0.5) is 5.69 Å². The maximum Gasteiger partial charge on any atom is 0.272 e. The number of hydrogen-bond donors (Lipinski definition) is 0. The molecule has 0 saturated carbocycles. The van der Waals surface area contributed by atoms with E-state index in [1.54, 1.807) is 19.1 Å². The van der Waals surface area contributed by atoms with Crippen LogP contribution < -0.4 is 0 Å². The molecule has 0 unspecified atom stereocenters. The van der Waals surface area contributed by atoms with Gasteiger partial charge in [0.15, 0.2) is 0 Å². The van der Waals surface area contributed by atoms with Crippen molar-refractivity contribution in [2.75, 3.05) is 0 Å². The summed E-state index contributed by atoms with van der Waals surface area (Å²) in [5.41, 5.74) is 1.88. The van der Waals surface area contributed by atoms with Gasteiger partial charge in [-0.1, -0.05) is 26.0 Å². The summed E-state index contributed by atoms with van der Waals surface area (Å²) >= 11 is 0. The number of aryl methyl sites for hydroxylation is 1. The zero-order valence-electron chi connectivity index (χ0n) is 9.23. The molecular formula is C12H15NO2. The van der Waals surface area contributed by atoms with Gasteiger partial charge in [-0.05, 0) is 30.5 Å². The Morgan fingerprint density at radius 3 is 2.53 bits per heavy atom. The third kappa shape index (κ3) is 3.20. The topological polar surface area (TPSA) is 43.1 Å². The van der Waals surface area contributed by atoms with Gasteiger partial charge >= 0.3 is 0 Å². The van der Waals surface area contributed by atoms with Gasteiger partial charge in [-0.25, -0.2) is 0 Å². The minimum atomic E-state index is -0.356. The molecule has 80 valence electrons. The summed E-state index contributed by atoms with van der Waals surface area (Å²) in [6.07, 6.45) is 4.06. The molecule has 0 aliphatic rings. The molecule has 1 aromatic rings. The van der Waals surface area contributed by atoms with Crippen molar-refractivity contribution in [3.63, 3.8) is 0 Å². The third-order valence-corrected chi connectivity index (χ3v) is 2.09. The Kier molecular flexibility index (Phi) is 3.61. The van der Waals surface area contributed by atoms with Gasteiger partial charge in [-0.15, -0.1) is 0 Å². The SMILES string of the molecule is Cc1cc(C=CC(C)C)ccc1[N+](=O)[O-]. The van der Waals surface area contributed by atoms with Gasteiger partial charge in [0, 0.05) is 11.6 Å². The van der Waals surface area contributed by atoms with Crippen molar-refractivity contribution in [2.45, 2.75) is 20.8 Å². The van der Waals surface area contributed by atoms with E-state index >= 15 is 0 Å². The summed E-state index contributed by atoms with van der Waals surface area (Å²) in [5, 5.41) is 10.6. The van der Waals surface area contributed by atoms with Crippen LogP contribution in [0.1, 0.15) is 25.0 Å². The Morgan fingerprint density at radius 1 is 1.40 bits per heavy atom. The van der Waals surface area contributed by atoms with Crippen molar-refractivity contribution in [1.29, 1.82) is 0 Å². The molecule has 0 aliphatic carbocycles. The van der Waals surface area contributed by atoms with Crippen LogP contribution >= 0.6 is 0 Å². The van der Waals surface area contributed by atoms with Crippen molar-refractivity contribution in [2.24, 2.45) is 5.92 Å². The van der Waals surface area contributed by atoms with Crippen molar-refractivity contribution < 1.29 is 4.92 Å². The molecule has 0 saturated heterocycles. The first-order chi connectivity index (χ1) is 7.00. The standard InChI is InChI=1S/C12H15NO2/c1-9(2)4-5-11-6-7-12(13(14)15)10(3)8-11/h4-9H,1-3H3. The van der Waals surface area contributed by atoms with Gasteiger partial charge in [0.25, 0.3) is 5.69 Å². The molecule has 1 rings (SSSR count). The predicted molar refractivity (Wildman–Crippen MR) is 61.7 cm³/mol. The molecule has 0 heterocycles. The molecule has 0 N–H and O–H groups in total. The average Bonchev–Trinajstić information content (AvgIpc) is 2.14. The molecule has 0 spiro atoms. The molecule has 0 radical (unpaired) electrons. The summed E-state index contributed by atoms with van der Waals surface area (Å²) < 4.78 is 0. The molecule has 3 nitrogen and oxygen atoms in total. The fourth-order valence-corrected chi connectivity index (χ4v) is 1.29. The molecule has 0 aromatic heterocycles. The summed E-state index contributed by atoms with van der Waals surface area (Å²) in [6.45, 7) is 5.94. The highest BCUT2D eigenvalue weighted by Gasteiger charge is 2.08. The zero-order chi connectivity index (χ0) is 11.4. The normalized spacial score (nSPS) is 11.2. The number of benzene rings is 1. The van der Waals surface area contributed by atoms with Crippen LogP contribution in [-0.2, 0) is 0 Å². The molecule has 15 heavy (non-hydrogen) atoms. The largest absolute Gasteiger partial charge is 0.272 e. The Labute approximate surface area is 89.6 Å². The highest BCUT2D eigenvalue weighted by atomic mass is 16.6. The van der Waals surface area contributed by atoms with Gasteiger partial charge in [-0.2, -0.15) is 0 Å². The van der Waals surface area contributed by atoms with Crippen molar-refractivity contribution in [3.05, 3.63) is 45.5 Å². The van der Waals surface area contributed by atoms with E-state index in [4.69, 9.17) is 0 Å². The zero-order valence-corrected chi connectivity index (χ0v) is 9.23. The lowest BCUT2D eigenvalue weighted by molar-refractivity contribution is -0.385. The van der Waals surface area contributed by atoms with E-state index in [1.165, 1.54) is 0 Å². The molecule has 0 amide bonds. The van der Waals surface area contributed by atoms with Gasteiger partial charge in [0.05, 0.1) is 4.92 Å². The molecule has 3 heteroatoms. The lowest BCUT2D eigenvalue weighted by Crippen LogP contribution is -1.91. The average molecular weight is 205 g/mol. The summed E-state index contributed by atoms with van der Waals surface area (Å²) in [4.78, 5) is 10.2. The lowest BCUT2D eigenvalue weighted by atomic mass is 10.1. The van der Waals surface area contributed by atoms with Gasteiger partial charge < -0.3 is 0 Å². The molecule has 0 aliphatic heterocycles. The molecule has 0 bridgehead atoms. The number of hydrogen-bond acceptors (Lipinski definition) is 2. The quantitative estimate of drug-likeness (QED) is 0.559. The summed E-state index contributed by atoms with van der Waals surface area (Å²) in [7, 11) is 0. The maximum absolute atomic E-state index is 10.6. The second-order valence-corrected chi connectivity index (χ2v) is 3.91. The highest BCUT2D eigenvalue weighted by Crippen LogP contribution is 2.19. The van der Waals surface area contributed by atoms with E-state index in [0.717, 1.165) is 5.56 Å². The van der Waals surface area contributed by atoms with Crippen molar-refractivity contribution >= 4 is 11.8 Å². The van der Waals surface area contributed by atoms with Crippen LogP contribution in [0.3, 0.4) is 0 Å². The number of nitrogens with zero attached hydrogens (tertiary/aromatic N) is 1. The fourth-order valence-electron chi connectivity index (χ4n) is 1.29. The minimum Gasteiger partial charge on any atom is -0.258 e. The van der Waals surface area contributed by atoms with Gasteiger partial charge in [0.1, 0.15) is 0 Å². The van der Waals surface area contributed by atoms with Crippen LogP contribution in [0.2, 0.25) is 0 Å². The first-order valence-electron chi connectivity index (χ1n) is 4.94. The number of rotatable bonds is 3. The van der Waals surface area contributed by atoms with Gasteiger partial charge in [-0.3, -0.25) is 10.1 Å². The maximum atomic E-state index is 10.6. The van der Waals surface area contributed by atoms with E-state index in [1.807, 2.05) is 12.1 Å². The Hall–Kier alpha value is -1.64. The fraction of sp³-hybridized carbons (Fsp3) is 0.333. The predicted octanol–water partition coefficient (Wildman–Crippen LogP) is 3.57. The Balaban J connectivity index is 2.97. The van der Waals surface area contributed by atoms with E-state index in [0.29, 0.717) is 11.5 Å². The lowest BCUT2D eigenvalue weighted by Gasteiger charge is -1.99. The number of allylic oxidation sites excluding steroid dienone is 1. The van der Waals surface area contributed by atoms with Crippen molar-refractivity contribution in [3.8, 4) is 0 Å². The van der Waals surface area contributed by atoms with Crippen LogP contribution in [-0.4, -0.2) is 4.92 Å². The van der Waals surface area contributed by atoms with Crippen molar-refractivity contribution in [1.82, 2.24) is 0 Å². The smallest absolute Gasteiger partial charge is 0.258 e. The second kappa shape index (κ2) is 4.73. The Morgan fingerprint density at radius 2 is 2.07 bits per heavy atom. The van der Waals surface area contributed by atoms with Crippen LogP contribution in [0.15, 0.2) is 24.3 Å². The highest BCUT2D eigenvalue weighted by molar-refractivity contribution is 5.55. The first-order valence-corrected chi connectivity index (χ1v) is 4.94. The number of nitro benzene ring substituents is 1.